The number of hydrogen-bond donors (Lipinski definition) is 1. The molecular weight excluding hydrogens is 470 g/mol. The summed E-state index contributed by atoms with van der Waals surface area (Å²) in [7, 11) is -3.49. The van der Waals surface area contributed by atoms with Crippen molar-refractivity contribution in [2.75, 3.05) is 13.1 Å². The molecule has 1 aliphatic heterocycles. The summed E-state index contributed by atoms with van der Waals surface area (Å²) in [5, 5.41) is 7.47. The van der Waals surface area contributed by atoms with E-state index in [9.17, 15) is 13.2 Å². The van der Waals surface area contributed by atoms with E-state index in [4.69, 9.17) is 10.1 Å². The van der Waals surface area contributed by atoms with Crippen LogP contribution in [0.3, 0.4) is 0 Å². The quantitative estimate of drug-likeness (QED) is 0.440. The molecule has 3 aromatic heterocycles. The Balaban J connectivity index is 1.22. The van der Waals surface area contributed by atoms with E-state index in [1.807, 2.05) is 47.5 Å². The van der Waals surface area contributed by atoms with E-state index in [0.717, 1.165) is 33.5 Å². The third kappa shape index (κ3) is 4.33. The zero-order chi connectivity index (χ0) is 23.9. The van der Waals surface area contributed by atoms with E-state index in [0.29, 0.717) is 43.0 Å². The number of thiophene rings is 1. The van der Waals surface area contributed by atoms with Crippen LogP contribution in [0.5, 0.6) is 0 Å². The van der Waals surface area contributed by atoms with Crippen LogP contribution in [0.1, 0.15) is 36.2 Å². The van der Waals surface area contributed by atoms with Crippen molar-refractivity contribution in [2.24, 2.45) is 0 Å². The second-order valence-electron chi connectivity index (χ2n) is 8.72. The van der Waals surface area contributed by atoms with Crippen LogP contribution in [0, 0.1) is 13.8 Å². The maximum atomic E-state index is 12.9. The van der Waals surface area contributed by atoms with Crippen LogP contribution in [0.2, 0.25) is 0 Å². The summed E-state index contributed by atoms with van der Waals surface area (Å²) in [5.74, 6) is 0.0871. The zero-order valence-electron chi connectivity index (χ0n) is 19.2. The Hall–Kier alpha value is -2.82. The van der Waals surface area contributed by atoms with Crippen molar-refractivity contribution in [3.8, 4) is 0 Å². The fraction of sp³-hybridized carbons (Fsp3) is 0.375. The van der Waals surface area contributed by atoms with Gasteiger partial charge in [0.25, 0.3) is 0 Å². The lowest BCUT2D eigenvalue weighted by Gasteiger charge is -2.32. The topological polar surface area (TPSA) is 96.7 Å². The molecule has 178 valence electrons. The Kier molecular flexibility index (Phi) is 6.13. The molecule has 4 aromatic rings. The Morgan fingerprint density at radius 1 is 1.15 bits per heavy atom. The van der Waals surface area contributed by atoms with Crippen LogP contribution in [0.15, 0.2) is 46.0 Å². The molecule has 1 amide bonds. The Labute approximate surface area is 202 Å². The summed E-state index contributed by atoms with van der Waals surface area (Å²) >= 11 is 1.21. The normalized spacial score (nSPS) is 15.4. The van der Waals surface area contributed by atoms with Gasteiger partial charge in [0.1, 0.15) is 4.21 Å². The number of rotatable bonds is 6. The van der Waals surface area contributed by atoms with E-state index in [1.165, 1.54) is 11.3 Å². The molecule has 1 aliphatic rings. The van der Waals surface area contributed by atoms with Crippen molar-refractivity contribution < 1.29 is 13.2 Å². The first kappa shape index (κ1) is 22.9. The van der Waals surface area contributed by atoms with E-state index in [-0.39, 0.29) is 11.9 Å². The number of hydrogen-bond acceptors (Lipinski definition) is 6. The van der Waals surface area contributed by atoms with Crippen molar-refractivity contribution in [1.29, 1.82) is 0 Å². The summed E-state index contributed by atoms with van der Waals surface area (Å²) in [4.78, 5) is 19.6. The molecular formula is C24H27N5O3S2. The first-order valence-electron chi connectivity index (χ1n) is 11.4. The lowest BCUT2D eigenvalue weighted by Crippen LogP contribution is -2.46. The first-order chi connectivity index (χ1) is 16.3. The largest absolute Gasteiger partial charge is 0.343 e. The number of carbonyl (C=O) groups is 1. The number of nitrogens with zero attached hydrogens (tertiary/aromatic N) is 4. The van der Waals surface area contributed by atoms with Gasteiger partial charge >= 0.3 is 0 Å². The van der Waals surface area contributed by atoms with E-state index >= 15 is 0 Å². The SMILES string of the molecule is Cc1nc2c3ccccc3nn2c(C)c1CCC(=O)N1CCC(NS(=O)(=O)c2cccs2)CC1. The van der Waals surface area contributed by atoms with Gasteiger partial charge in [-0.25, -0.2) is 22.6 Å². The molecule has 5 rings (SSSR count). The second kappa shape index (κ2) is 9.09. The van der Waals surface area contributed by atoms with Gasteiger partial charge in [-0.2, -0.15) is 5.10 Å². The number of amides is 1. The predicted molar refractivity (Wildman–Crippen MR) is 133 cm³/mol. The minimum atomic E-state index is -3.49. The Morgan fingerprint density at radius 3 is 2.65 bits per heavy atom. The molecule has 0 radical (unpaired) electrons. The highest BCUT2D eigenvalue weighted by Crippen LogP contribution is 2.24. The third-order valence-corrected chi connectivity index (χ3v) is 9.45. The monoisotopic (exact) mass is 497 g/mol. The van der Waals surface area contributed by atoms with Crippen LogP contribution >= 0.6 is 11.3 Å². The number of fused-ring (bicyclic) bond motifs is 3. The molecule has 4 heterocycles. The molecule has 1 fully saturated rings. The lowest BCUT2D eigenvalue weighted by atomic mass is 10.0. The highest BCUT2D eigenvalue weighted by Gasteiger charge is 2.27. The summed E-state index contributed by atoms with van der Waals surface area (Å²) in [5.41, 5.74) is 4.72. The maximum absolute atomic E-state index is 12.9. The minimum Gasteiger partial charge on any atom is -0.343 e. The number of sulfonamides is 1. The standard InChI is InChI=1S/C24H27N5O3S2/c1-16-19(17(2)29-24(25-16)20-6-3-4-7-21(20)26-29)9-10-22(30)28-13-11-18(12-14-28)27-34(31,32)23-8-5-15-33-23/h3-8,15,18,27H,9-14H2,1-2H3. The number of aromatic nitrogens is 3. The van der Waals surface area contributed by atoms with Crippen molar-refractivity contribution in [3.63, 3.8) is 0 Å². The van der Waals surface area contributed by atoms with Crippen molar-refractivity contribution in [3.05, 3.63) is 58.7 Å². The van der Waals surface area contributed by atoms with Gasteiger partial charge in [-0.3, -0.25) is 4.79 Å². The smallest absolute Gasteiger partial charge is 0.250 e. The summed E-state index contributed by atoms with van der Waals surface area (Å²) in [6, 6.07) is 11.1. The molecule has 8 nitrogen and oxygen atoms in total. The Morgan fingerprint density at radius 2 is 1.91 bits per heavy atom. The fourth-order valence-electron chi connectivity index (χ4n) is 4.67. The molecule has 1 aromatic carbocycles. The Bertz CT molecular complexity index is 1450. The number of likely N-dealkylation sites (tertiary alicyclic amines) is 1. The van der Waals surface area contributed by atoms with Crippen molar-refractivity contribution in [2.45, 2.75) is 49.8 Å². The highest BCUT2D eigenvalue weighted by molar-refractivity contribution is 7.91. The van der Waals surface area contributed by atoms with Gasteiger partial charge in [-0.1, -0.05) is 18.2 Å². The van der Waals surface area contributed by atoms with E-state index in [1.54, 1.807) is 17.5 Å². The number of carbonyl (C=O) groups excluding carboxylic acids is 1. The molecule has 0 saturated carbocycles. The third-order valence-electron chi connectivity index (χ3n) is 6.54. The number of benzene rings is 1. The molecule has 0 atom stereocenters. The van der Waals surface area contributed by atoms with Crippen LogP contribution in [-0.2, 0) is 21.2 Å². The lowest BCUT2D eigenvalue weighted by molar-refractivity contribution is -0.132. The van der Waals surface area contributed by atoms with Crippen molar-refractivity contribution in [1.82, 2.24) is 24.2 Å². The van der Waals surface area contributed by atoms with Crippen LogP contribution in [0.4, 0.5) is 0 Å². The fourth-order valence-corrected chi connectivity index (χ4v) is 6.98. The molecule has 0 bridgehead atoms. The van der Waals surface area contributed by atoms with Gasteiger partial charge in [0.05, 0.1) is 5.52 Å². The number of nitrogens with one attached hydrogen (secondary N) is 1. The average Bonchev–Trinajstić information content (AvgIpc) is 3.48. The molecule has 1 saturated heterocycles. The van der Waals surface area contributed by atoms with Crippen LogP contribution in [0.25, 0.3) is 16.6 Å². The minimum absolute atomic E-state index is 0.0871. The molecule has 0 unspecified atom stereocenters. The summed E-state index contributed by atoms with van der Waals surface area (Å²) < 4.78 is 29.9. The summed E-state index contributed by atoms with van der Waals surface area (Å²) in [6.07, 6.45) is 2.21. The van der Waals surface area contributed by atoms with E-state index in [2.05, 4.69) is 4.72 Å². The predicted octanol–water partition coefficient (Wildman–Crippen LogP) is 3.46. The number of piperidine rings is 1. The molecule has 0 aliphatic carbocycles. The van der Waals surface area contributed by atoms with Gasteiger partial charge in [0.2, 0.25) is 15.9 Å². The molecule has 10 heteroatoms. The average molecular weight is 498 g/mol. The van der Waals surface area contributed by atoms with Crippen LogP contribution in [-0.4, -0.2) is 53.0 Å². The van der Waals surface area contributed by atoms with E-state index < -0.39 is 10.0 Å². The van der Waals surface area contributed by atoms with Gasteiger partial charge < -0.3 is 4.90 Å². The zero-order valence-corrected chi connectivity index (χ0v) is 20.8. The first-order valence-corrected chi connectivity index (χ1v) is 13.8. The van der Waals surface area contributed by atoms with Crippen molar-refractivity contribution >= 4 is 43.8 Å². The molecule has 0 spiro atoms. The molecule has 34 heavy (non-hydrogen) atoms. The van der Waals surface area contributed by atoms with Gasteiger partial charge in [0.15, 0.2) is 5.65 Å². The van der Waals surface area contributed by atoms with Gasteiger partial charge in [-0.15, -0.1) is 11.3 Å². The molecule has 1 N–H and O–H groups in total. The highest BCUT2D eigenvalue weighted by atomic mass is 32.2. The van der Waals surface area contributed by atoms with Gasteiger partial charge in [-0.05, 0) is 62.3 Å². The van der Waals surface area contributed by atoms with Gasteiger partial charge in [0, 0.05) is 42.3 Å². The second-order valence-corrected chi connectivity index (χ2v) is 11.6. The summed E-state index contributed by atoms with van der Waals surface area (Å²) in [6.45, 7) is 5.12. The number of aryl methyl sites for hydroxylation is 2. The maximum Gasteiger partial charge on any atom is 0.250 e. The van der Waals surface area contributed by atoms with Crippen LogP contribution < -0.4 is 4.72 Å².